The highest BCUT2D eigenvalue weighted by atomic mass is 32.1. The Morgan fingerprint density at radius 1 is 1.61 bits per heavy atom. The number of hydrogen-bond acceptors (Lipinski definition) is 4. The van der Waals surface area contributed by atoms with Crippen LogP contribution in [0.3, 0.4) is 0 Å². The molecule has 1 heterocycles. The molecular formula is C13H20N2O2S. The van der Waals surface area contributed by atoms with Gasteiger partial charge in [-0.3, -0.25) is 9.78 Å². The van der Waals surface area contributed by atoms with Crippen molar-refractivity contribution in [1.29, 1.82) is 0 Å². The molecule has 0 radical (unpaired) electrons. The molecule has 1 aromatic heterocycles. The zero-order chi connectivity index (χ0) is 13.0. The van der Waals surface area contributed by atoms with Gasteiger partial charge in [0, 0.05) is 6.54 Å². The van der Waals surface area contributed by atoms with E-state index in [9.17, 15) is 9.90 Å². The van der Waals surface area contributed by atoms with Crippen LogP contribution in [-0.2, 0) is 0 Å². The van der Waals surface area contributed by atoms with Crippen LogP contribution in [0.1, 0.15) is 48.7 Å². The topological polar surface area (TPSA) is 62.2 Å². The summed E-state index contributed by atoms with van der Waals surface area (Å²) in [6, 6.07) is 0. The van der Waals surface area contributed by atoms with Gasteiger partial charge in [0.2, 0.25) is 0 Å². The molecule has 0 aromatic carbocycles. The lowest BCUT2D eigenvalue weighted by Crippen LogP contribution is -2.45. The van der Waals surface area contributed by atoms with Crippen LogP contribution in [0, 0.1) is 5.92 Å². The van der Waals surface area contributed by atoms with Crippen molar-refractivity contribution in [2.24, 2.45) is 5.92 Å². The van der Waals surface area contributed by atoms with Crippen molar-refractivity contribution in [2.75, 3.05) is 6.54 Å². The van der Waals surface area contributed by atoms with Gasteiger partial charge in [0.25, 0.3) is 5.91 Å². The van der Waals surface area contributed by atoms with E-state index in [1.54, 1.807) is 11.7 Å². The Labute approximate surface area is 111 Å². The lowest BCUT2D eigenvalue weighted by atomic mass is 9.78. The fourth-order valence-electron chi connectivity index (χ4n) is 2.46. The van der Waals surface area contributed by atoms with Crippen LogP contribution in [0.2, 0.25) is 0 Å². The number of aliphatic hydroxyl groups is 1. The monoisotopic (exact) mass is 268 g/mol. The maximum Gasteiger partial charge on any atom is 0.263 e. The molecular weight excluding hydrogens is 248 g/mol. The Hall–Kier alpha value is -0.940. The lowest BCUT2D eigenvalue weighted by Gasteiger charge is -2.35. The predicted octanol–water partition coefficient (Wildman–Crippen LogP) is 2.20. The van der Waals surface area contributed by atoms with Crippen LogP contribution < -0.4 is 5.32 Å². The summed E-state index contributed by atoms with van der Waals surface area (Å²) in [5.41, 5.74) is 0.919. The summed E-state index contributed by atoms with van der Waals surface area (Å²) in [6.07, 6.45) is 6.43. The van der Waals surface area contributed by atoms with E-state index in [2.05, 4.69) is 17.2 Å². The van der Waals surface area contributed by atoms with Crippen LogP contribution in [0.25, 0.3) is 0 Å². The summed E-state index contributed by atoms with van der Waals surface area (Å²) in [5, 5.41) is 13.2. The largest absolute Gasteiger partial charge is 0.388 e. The summed E-state index contributed by atoms with van der Waals surface area (Å²) >= 11 is 1.32. The van der Waals surface area contributed by atoms with E-state index in [-0.39, 0.29) is 5.91 Å². The molecule has 1 amide bonds. The zero-order valence-electron chi connectivity index (χ0n) is 10.7. The molecule has 4 nitrogen and oxygen atoms in total. The first-order chi connectivity index (χ1) is 8.63. The molecule has 0 saturated heterocycles. The van der Waals surface area contributed by atoms with Crippen molar-refractivity contribution in [3.63, 3.8) is 0 Å². The van der Waals surface area contributed by atoms with E-state index in [4.69, 9.17) is 0 Å². The Bertz CT molecular complexity index is 384. The third-order valence-electron chi connectivity index (χ3n) is 3.85. The number of thiazole rings is 1. The number of amides is 1. The first kappa shape index (κ1) is 13.5. The summed E-state index contributed by atoms with van der Waals surface area (Å²) in [6.45, 7) is 2.54. The second-order valence-electron chi connectivity index (χ2n) is 5.12. The van der Waals surface area contributed by atoms with Crippen LogP contribution in [0.15, 0.2) is 11.7 Å². The van der Waals surface area contributed by atoms with Crippen molar-refractivity contribution in [1.82, 2.24) is 10.3 Å². The highest BCUT2D eigenvalue weighted by Crippen LogP contribution is 2.33. The average Bonchev–Trinajstić information content (AvgIpc) is 2.91. The molecule has 0 aliphatic heterocycles. The highest BCUT2D eigenvalue weighted by molar-refractivity contribution is 7.11. The minimum atomic E-state index is -0.716. The van der Waals surface area contributed by atoms with Crippen molar-refractivity contribution in [3.8, 4) is 0 Å². The highest BCUT2D eigenvalue weighted by Gasteiger charge is 2.32. The van der Waals surface area contributed by atoms with Gasteiger partial charge in [-0.2, -0.15) is 0 Å². The molecule has 1 saturated carbocycles. The smallest absolute Gasteiger partial charge is 0.263 e. The van der Waals surface area contributed by atoms with E-state index in [0.29, 0.717) is 11.4 Å². The van der Waals surface area contributed by atoms with Crippen molar-refractivity contribution in [3.05, 3.63) is 16.6 Å². The van der Waals surface area contributed by atoms with Crippen LogP contribution in [0.5, 0.6) is 0 Å². The summed E-state index contributed by atoms with van der Waals surface area (Å²) in [5.74, 6) is 0.603. The van der Waals surface area contributed by atoms with Gasteiger partial charge in [-0.05, 0) is 31.6 Å². The van der Waals surface area contributed by atoms with Gasteiger partial charge < -0.3 is 10.4 Å². The molecule has 1 fully saturated rings. The number of hydrogen-bond donors (Lipinski definition) is 2. The standard InChI is InChI=1S/C13H20N2O2S/c1-2-10-3-5-13(17,6-4-10)8-15-12(16)11-7-14-9-18-11/h7,9-10,17H,2-6,8H2,1H3,(H,15,16). The first-order valence-electron chi connectivity index (χ1n) is 6.52. The second kappa shape index (κ2) is 5.80. The minimum absolute atomic E-state index is 0.136. The number of rotatable bonds is 4. The maximum atomic E-state index is 11.8. The van der Waals surface area contributed by atoms with Gasteiger partial charge in [0.05, 0.1) is 17.3 Å². The van der Waals surface area contributed by atoms with Crippen LogP contribution in [-0.4, -0.2) is 28.1 Å². The van der Waals surface area contributed by atoms with Crippen LogP contribution >= 0.6 is 11.3 Å². The SMILES string of the molecule is CCC1CCC(O)(CNC(=O)c2cncs2)CC1. The third-order valence-corrected chi connectivity index (χ3v) is 4.62. The van der Waals surface area contributed by atoms with E-state index >= 15 is 0 Å². The molecule has 1 aliphatic rings. The molecule has 18 heavy (non-hydrogen) atoms. The second-order valence-corrected chi connectivity index (χ2v) is 6.01. The molecule has 5 heteroatoms. The number of nitrogens with one attached hydrogen (secondary N) is 1. The van der Waals surface area contributed by atoms with Gasteiger partial charge in [-0.25, -0.2) is 0 Å². The Balaban J connectivity index is 1.81. The molecule has 0 unspecified atom stereocenters. The van der Waals surface area contributed by atoms with Gasteiger partial charge >= 0.3 is 0 Å². The molecule has 0 spiro atoms. The Morgan fingerprint density at radius 2 is 2.33 bits per heavy atom. The van der Waals surface area contributed by atoms with Crippen molar-refractivity contribution >= 4 is 17.2 Å². The van der Waals surface area contributed by atoms with E-state index in [0.717, 1.165) is 31.6 Å². The first-order valence-corrected chi connectivity index (χ1v) is 7.40. The number of nitrogens with zero attached hydrogens (tertiary/aromatic N) is 1. The Kier molecular flexibility index (Phi) is 4.35. The fraction of sp³-hybridized carbons (Fsp3) is 0.692. The molecule has 0 bridgehead atoms. The van der Waals surface area contributed by atoms with Crippen LogP contribution in [0.4, 0.5) is 0 Å². The third kappa shape index (κ3) is 3.29. The van der Waals surface area contributed by atoms with Gasteiger partial charge in [-0.15, -0.1) is 11.3 Å². The summed E-state index contributed by atoms with van der Waals surface area (Å²) in [7, 11) is 0. The zero-order valence-corrected chi connectivity index (χ0v) is 11.5. The lowest BCUT2D eigenvalue weighted by molar-refractivity contribution is -0.00783. The quantitative estimate of drug-likeness (QED) is 0.880. The number of carbonyl (C=O) groups is 1. The molecule has 100 valence electrons. The van der Waals surface area contributed by atoms with E-state index in [1.165, 1.54) is 17.8 Å². The van der Waals surface area contributed by atoms with E-state index < -0.39 is 5.60 Å². The molecule has 0 atom stereocenters. The summed E-state index contributed by atoms with van der Waals surface area (Å²) in [4.78, 5) is 16.2. The number of aromatic nitrogens is 1. The normalized spacial score (nSPS) is 28.0. The van der Waals surface area contributed by atoms with Gasteiger partial charge in [0.1, 0.15) is 4.88 Å². The van der Waals surface area contributed by atoms with E-state index in [1.807, 2.05) is 0 Å². The maximum absolute atomic E-state index is 11.8. The Morgan fingerprint density at radius 3 is 2.89 bits per heavy atom. The summed E-state index contributed by atoms with van der Waals surface area (Å²) < 4.78 is 0. The predicted molar refractivity (Wildman–Crippen MR) is 71.6 cm³/mol. The molecule has 2 rings (SSSR count). The van der Waals surface area contributed by atoms with Gasteiger partial charge in [0.15, 0.2) is 0 Å². The molecule has 1 aliphatic carbocycles. The fourth-order valence-corrected chi connectivity index (χ4v) is 3.00. The minimum Gasteiger partial charge on any atom is -0.388 e. The average molecular weight is 268 g/mol. The van der Waals surface area contributed by atoms with Gasteiger partial charge in [-0.1, -0.05) is 13.3 Å². The van der Waals surface area contributed by atoms with Crippen molar-refractivity contribution < 1.29 is 9.90 Å². The molecule has 2 N–H and O–H groups in total. The van der Waals surface area contributed by atoms with Crippen molar-refractivity contribution in [2.45, 2.75) is 44.6 Å². The molecule has 1 aromatic rings. The number of carbonyl (C=O) groups excluding carboxylic acids is 1.